The summed E-state index contributed by atoms with van der Waals surface area (Å²) in [5, 5.41) is 10.8. The number of halogens is 1. The highest BCUT2D eigenvalue weighted by Gasteiger charge is 2.21. The number of aliphatic hydroxyl groups is 1. The Morgan fingerprint density at radius 1 is 1.47 bits per heavy atom. The van der Waals surface area contributed by atoms with Gasteiger partial charge in [-0.3, -0.25) is 0 Å². The number of rotatable bonds is 2. The second-order valence-corrected chi connectivity index (χ2v) is 4.43. The van der Waals surface area contributed by atoms with Crippen molar-refractivity contribution in [2.75, 3.05) is 6.61 Å². The van der Waals surface area contributed by atoms with Crippen molar-refractivity contribution in [1.29, 1.82) is 0 Å². The van der Waals surface area contributed by atoms with Gasteiger partial charge in [-0.05, 0) is 31.2 Å². The minimum Gasteiger partial charge on any atom is -0.394 e. The first-order valence-electron chi connectivity index (χ1n) is 4.71. The van der Waals surface area contributed by atoms with Crippen LogP contribution in [0.3, 0.4) is 0 Å². The third-order valence-corrected chi connectivity index (χ3v) is 2.76. The lowest BCUT2D eigenvalue weighted by molar-refractivity contribution is 0.207. The number of aliphatic hydroxyl groups excluding tert-OH is 1. The summed E-state index contributed by atoms with van der Waals surface area (Å²) in [5.41, 5.74) is 6.96. The fourth-order valence-electron chi connectivity index (χ4n) is 1.50. The molecule has 4 heteroatoms. The van der Waals surface area contributed by atoms with E-state index in [0.29, 0.717) is 5.02 Å². The molecule has 0 amide bonds. The number of hydrogen-bond donors (Lipinski definition) is 3. The molecule has 2 rings (SSSR count). The van der Waals surface area contributed by atoms with Gasteiger partial charge in [0.05, 0.1) is 12.1 Å². The number of hydrogen-bond acceptors (Lipinski definition) is 2. The molecule has 0 radical (unpaired) electrons. The van der Waals surface area contributed by atoms with E-state index in [1.807, 2.05) is 24.3 Å². The third-order valence-electron chi connectivity index (χ3n) is 2.53. The fourth-order valence-corrected chi connectivity index (χ4v) is 1.68. The SMILES string of the molecule is CC(N)(CO)c1cc2cc(Cl)ccc2[nH]1. The van der Waals surface area contributed by atoms with Gasteiger partial charge >= 0.3 is 0 Å². The van der Waals surface area contributed by atoms with Crippen LogP contribution < -0.4 is 5.73 Å². The lowest BCUT2D eigenvalue weighted by atomic mass is 10.0. The number of aromatic amines is 1. The normalized spacial score (nSPS) is 15.5. The molecule has 1 aromatic heterocycles. The van der Waals surface area contributed by atoms with E-state index >= 15 is 0 Å². The van der Waals surface area contributed by atoms with Gasteiger partial charge in [0.1, 0.15) is 0 Å². The van der Waals surface area contributed by atoms with Crippen LogP contribution in [0.4, 0.5) is 0 Å². The molecule has 1 unspecified atom stereocenters. The molecule has 3 nitrogen and oxygen atoms in total. The van der Waals surface area contributed by atoms with Crippen molar-refractivity contribution in [3.05, 3.63) is 35.0 Å². The molecule has 15 heavy (non-hydrogen) atoms. The van der Waals surface area contributed by atoms with Crippen molar-refractivity contribution >= 4 is 22.5 Å². The first-order chi connectivity index (χ1) is 7.03. The molecule has 0 fully saturated rings. The van der Waals surface area contributed by atoms with Crippen LogP contribution in [-0.4, -0.2) is 16.7 Å². The van der Waals surface area contributed by atoms with Crippen LogP contribution in [0.5, 0.6) is 0 Å². The zero-order chi connectivity index (χ0) is 11.1. The molecule has 0 saturated heterocycles. The maximum atomic E-state index is 9.16. The Hall–Kier alpha value is -1.03. The van der Waals surface area contributed by atoms with Crippen LogP contribution in [0, 0.1) is 0 Å². The molecular formula is C11H13ClN2O. The molecule has 1 atom stereocenters. The molecule has 0 bridgehead atoms. The first-order valence-corrected chi connectivity index (χ1v) is 5.09. The summed E-state index contributed by atoms with van der Waals surface area (Å²) in [6.45, 7) is 1.67. The highest BCUT2D eigenvalue weighted by Crippen LogP contribution is 2.24. The molecule has 1 aromatic carbocycles. The van der Waals surface area contributed by atoms with Gasteiger partial charge in [0.25, 0.3) is 0 Å². The highest BCUT2D eigenvalue weighted by atomic mass is 35.5. The smallest absolute Gasteiger partial charge is 0.0767 e. The summed E-state index contributed by atoms with van der Waals surface area (Å²) in [5.74, 6) is 0. The van der Waals surface area contributed by atoms with Gasteiger partial charge in [-0.15, -0.1) is 0 Å². The van der Waals surface area contributed by atoms with Crippen LogP contribution >= 0.6 is 11.6 Å². The van der Waals surface area contributed by atoms with Crippen molar-refractivity contribution < 1.29 is 5.11 Å². The molecule has 1 heterocycles. The van der Waals surface area contributed by atoms with Crippen LogP contribution in [0.15, 0.2) is 24.3 Å². The molecule has 0 aliphatic carbocycles. The van der Waals surface area contributed by atoms with E-state index in [9.17, 15) is 0 Å². The monoisotopic (exact) mass is 224 g/mol. The quantitative estimate of drug-likeness (QED) is 0.731. The van der Waals surface area contributed by atoms with Crippen molar-refractivity contribution in [3.63, 3.8) is 0 Å². The van der Waals surface area contributed by atoms with E-state index in [1.54, 1.807) is 6.92 Å². The van der Waals surface area contributed by atoms with E-state index in [1.165, 1.54) is 0 Å². The van der Waals surface area contributed by atoms with E-state index < -0.39 is 5.54 Å². The first kappa shape index (κ1) is 10.5. The molecule has 0 aliphatic heterocycles. The maximum absolute atomic E-state index is 9.16. The number of benzene rings is 1. The van der Waals surface area contributed by atoms with Crippen molar-refractivity contribution in [2.45, 2.75) is 12.5 Å². The maximum Gasteiger partial charge on any atom is 0.0767 e. The molecule has 0 spiro atoms. The van der Waals surface area contributed by atoms with Crippen molar-refractivity contribution in [2.24, 2.45) is 5.73 Å². The van der Waals surface area contributed by atoms with Crippen molar-refractivity contribution in [3.8, 4) is 0 Å². The Balaban J connectivity index is 2.56. The summed E-state index contributed by atoms with van der Waals surface area (Å²) in [6.07, 6.45) is 0. The Kier molecular flexibility index (Phi) is 2.46. The molecule has 80 valence electrons. The number of H-pyrrole nitrogens is 1. The Morgan fingerprint density at radius 3 is 2.87 bits per heavy atom. The number of aromatic nitrogens is 1. The van der Waals surface area contributed by atoms with Crippen LogP contribution in [0.1, 0.15) is 12.6 Å². The highest BCUT2D eigenvalue weighted by molar-refractivity contribution is 6.31. The van der Waals surface area contributed by atoms with E-state index in [2.05, 4.69) is 4.98 Å². The summed E-state index contributed by atoms with van der Waals surface area (Å²) in [7, 11) is 0. The molecular weight excluding hydrogens is 212 g/mol. The summed E-state index contributed by atoms with van der Waals surface area (Å²) >= 11 is 5.88. The summed E-state index contributed by atoms with van der Waals surface area (Å²) in [6, 6.07) is 7.49. The Labute approximate surface area is 92.9 Å². The molecule has 0 saturated carbocycles. The largest absolute Gasteiger partial charge is 0.394 e. The minimum absolute atomic E-state index is 0.104. The van der Waals surface area contributed by atoms with Gasteiger partial charge < -0.3 is 15.8 Å². The average Bonchev–Trinajstić information content (AvgIpc) is 2.61. The van der Waals surface area contributed by atoms with Crippen LogP contribution in [0.25, 0.3) is 10.9 Å². The zero-order valence-corrected chi connectivity index (χ0v) is 9.17. The van der Waals surface area contributed by atoms with E-state index in [0.717, 1.165) is 16.6 Å². The van der Waals surface area contributed by atoms with Gasteiger partial charge in [-0.1, -0.05) is 11.6 Å². The minimum atomic E-state index is -0.745. The topological polar surface area (TPSA) is 62.0 Å². The number of nitrogens with two attached hydrogens (primary N) is 1. The Bertz CT molecular complexity index is 490. The average molecular weight is 225 g/mol. The van der Waals surface area contributed by atoms with Crippen LogP contribution in [-0.2, 0) is 5.54 Å². The van der Waals surface area contributed by atoms with Gasteiger partial charge in [-0.25, -0.2) is 0 Å². The molecule has 4 N–H and O–H groups in total. The number of nitrogens with one attached hydrogen (secondary N) is 1. The van der Waals surface area contributed by atoms with Gasteiger partial charge in [-0.2, -0.15) is 0 Å². The van der Waals surface area contributed by atoms with Crippen molar-refractivity contribution in [1.82, 2.24) is 4.98 Å². The fraction of sp³-hybridized carbons (Fsp3) is 0.273. The van der Waals surface area contributed by atoms with Gasteiger partial charge in [0, 0.05) is 21.6 Å². The van der Waals surface area contributed by atoms with E-state index in [4.69, 9.17) is 22.4 Å². The lowest BCUT2D eigenvalue weighted by Gasteiger charge is -2.19. The zero-order valence-electron chi connectivity index (χ0n) is 8.42. The predicted octanol–water partition coefficient (Wildman–Crippen LogP) is 1.99. The van der Waals surface area contributed by atoms with Gasteiger partial charge in [0.15, 0.2) is 0 Å². The second-order valence-electron chi connectivity index (χ2n) is 3.99. The second kappa shape index (κ2) is 3.52. The standard InChI is InChI=1S/C11H13ClN2O/c1-11(13,6-15)10-5-7-4-8(12)2-3-9(7)14-10/h2-5,14-15H,6,13H2,1H3. The predicted molar refractivity (Wildman–Crippen MR) is 61.9 cm³/mol. The molecule has 0 aliphatic rings. The van der Waals surface area contributed by atoms with Gasteiger partial charge in [0.2, 0.25) is 0 Å². The Morgan fingerprint density at radius 2 is 2.20 bits per heavy atom. The molecule has 2 aromatic rings. The lowest BCUT2D eigenvalue weighted by Crippen LogP contribution is -2.37. The number of fused-ring (bicyclic) bond motifs is 1. The summed E-state index contributed by atoms with van der Waals surface area (Å²) in [4.78, 5) is 3.17. The van der Waals surface area contributed by atoms with E-state index in [-0.39, 0.29) is 6.61 Å². The third kappa shape index (κ3) is 1.86. The summed E-state index contributed by atoms with van der Waals surface area (Å²) < 4.78 is 0. The van der Waals surface area contributed by atoms with Crippen LogP contribution in [0.2, 0.25) is 5.02 Å².